The highest BCUT2D eigenvalue weighted by molar-refractivity contribution is 7.99. The number of tetrazole rings is 1. The number of ether oxygens (including phenoxy) is 1. The summed E-state index contributed by atoms with van der Waals surface area (Å²) >= 11 is 1.38. The van der Waals surface area contributed by atoms with Crippen LogP contribution in [0.4, 0.5) is 5.69 Å². The first kappa shape index (κ1) is 30.0. The molecule has 1 heterocycles. The largest absolute Gasteiger partial charge is 0.471 e. The third-order valence-corrected chi connectivity index (χ3v) is 6.61. The molecule has 202 valence electrons. The van der Waals surface area contributed by atoms with Gasteiger partial charge in [0, 0.05) is 19.1 Å². The first-order chi connectivity index (χ1) is 17.7. The van der Waals surface area contributed by atoms with E-state index in [1.807, 2.05) is 63.3 Å². The van der Waals surface area contributed by atoms with Gasteiger partial charge in [-0.25, -0.2) is 4.68 Å². The molecule has 1 aromatic heterocycles. The first-order valence-electron chi connectivity index (χ1n) is 12.2. The second kappa shape index (κ2) is 15.8. The number of anilines is 1. The average Bonchev–Trinajstić information content (AvgIpc) is 3.30. The molecule has 0 spiro atoms. The minimum atomic E-state index is -0.128. The van der Waals surface area contributed by atoms with Gasteiger partial charge in [-0.05, 0) is 98.8 Å². The molecule has 1 aliphatic carbocycles. The lowest BCUT2D eigenvalue weighted by Gasteiger charge is -2.22. The van der Waals surface area contributed by atoms with Gasteiger partial charge in [0.15, 0.2) is 0 Å². The lowest BCUT2D eigenvalue weighted by molar-refractivity contribution is -0.126. The summed E-state index contributed by atoms with van der Waals surface area (Å²) < 4.78 is 5.45. The zero-order valence-corrected chi connectivity index (χ0v) is 23.4. The zero-order chi connectivity index (χ0) is 27.2. The Morgan fingerprint density at radius 2 is 1.76 bits per heavy atom. The number of aromatic nitrogens is 4. The van der Waals surface area contributed by atoms with Gasteiger partial charge in [-0.2, -0.15) is 0 Å². The monoisotopic (exact) mass is 528 g/mol. The van der Waals surface area contributed by atoms with Crippen LogP contribution in [0, 0.1) is 6.92 Å². The Kier molecular flexibility index (Phi) is 12.8. The number of carbonyl (C=O) groups is 2. The van der Waals surface area contributed by atoms with Crippen molar-refractivity contribution in [3.8, 4) is 0 Å². The number of carbonyl (C=O) groups excluding carboxylic acids is 2. The predicted octanol–water partition coefficient (Wildman–Crippen LogP) is 5.18. The van der Waals surface area contributed by atoms with Crippen LogP contribution >= 0.6 is 11.8 Å². The van der Waals surface area contributed by atoms with Crippen molar-refractivity contribution in [2.75, 3.05) is 33.6 Å². The molecule has 1 N–H and O–H groups in total. The second-order valence-corrected chi connectivity index (χ2v) is 10.3. The van der Waals surface area contributed by atoms with Crippen molar-refractivity contribution in [1.82, 2.24) is 25.1 Å². The summed E-state index contributed by atoms with van der Waals surface area (Å²) in [6, 6.07) is 14.2. The Morgan fingerprint density at radius 3 is 2.30 bits per heavy atom. The molecule has 0 bridgehead atoms. The average molecular weight is 529 g/mol. The fourth-order valence-electron chi connectivity index (χ4n) is 3.79. The van der Waals surface area contributed by atoms with E-state index in [2.05, 4.69) is 37.7 Å². The van der Waals surface area contributed by atoms with Crippen molar-refractivity contribution in [1.29, 1.82) is 0 Å². The van der Waals surface area contributed by atoms with E-state index in [4.69, 9.17) is 4.79 Å². The summed E-state index contributed by atoms with van der Waals surface area (Å²) in [4.78, 5) is 24.8. The van der Waals surface area contributed by atoms with Gasteiger partial charge in [0.2, 0.25) is 5.16 Å². The van der Waals surface area contributed by atoms with Crippen molar-refractivity contribution in [3.63, 3.8) is 0 Å². The normalized spacial score (nSPS) is 13.1. The number of nitrogens with one attached hydrogen (secondary N) is 1. The van der Waals surface area contributed by atoms with Crippen LogP contribution in [0.15, 0.2) is 52.5 Å². The van der Waals surface area contributed by atoms with Gasteiger partial charge in [0.05, 0.1) is 12.7 Å². The standard InChI is InChI=1S/C22H25N5OS.C3H9N.C2H4O2.H2/c1-15-8-13-20(29-22-24-25-26-27(22)2)19(14-15)21(28)23-18-11-9-17(10-12-18)16-6-4-3-5-7-16;1-4(2)3;1-4-2-3;/h8-14,16H,3-7H2,1-2H3,(H,23,28);1-3H3;2H,1H3;1H. The van der Waals surface area contributed by atoms with Crippen molar-refractivity contribution in [2.24, 2.45) is 7.05 Å². The van der Waals surface area contributed by atoms with E-state index in [0.717, 1.165) is 16.1 Å². The smallest absolute Gasteiger partial charge is 0.292 e. The Morgan fingerprint density at radius 1 is 1.14 bits per heavy atom. The Hall–Kier alpha value is -3.24. The molecule has 2 aromatic carbocycles. The Balaban J connectivity index is 0.000000709. The lowest BCUT2D eigenvalue weighted by Crippen LogP contribution is -2.13. The van der Waals surface area contributed by atoms with E-state index in [1.165, 1.54) is 56.5 Å². The third-order valence-electron chi connectivity index (χ3n) is 5.50. The van der Waals surface area contributed by atoms with Gasteiger partial charge < -0.3 is 15.0 Å². The molecular formula is C27H40N6O3S. The molecule has 1 fully saturated rings. The summed E-state index contributed by atoms with van der Waals surface area (Å²) in [5, 5.41) is 15.2. The maximum Gasteiger partial charge on any atom is 0.292 e. The fourth-order valence-corrected chi connectivity index (χ4v) is 4.63. The highest BCUT2D eigenvalue weighted by Crippen LogP contribution is 2.33. The summed E-state index contributed by atoms with van der Waals surface area (Å²) in [6.07, 6.45) is 6.53. The van der Waals surface area contributed by atoms with Crippen molar-refractivity contribution >= 4 is 29.8 Å². The van der Waals surface area contributed by atoms with E-state index < -0.39 is 0 Å². The lowest BCUT2D eigenvalue weighted by atomic mass is 9.84. The molecule has 0 aliphatic heterocycles. The summed E-state index contributed by atoms with van der Waals surface area (Å²) in [5.74, 6) is 0.532. The van der Waals surface area contributed by atoms with Gasteiger partial charge in [-0.3, -0.25) is 9.59 Å². The van der Waals surface area contributed by atoms with Gasteiger partial charge >= 0.3 is 0 Å². The van der Waals surface area contributed by atoms with Crippen LogP contribution in [0.25, 0.3) is 0 Å². The SMILES string of the molecule is CN(C)C.COC=O.Cc1ccc(Sc2nnnn2C)c(C(=O)Nc2ccc(C3CCCCC3)cc2)c1.[HH]. The minimum absolute atomic E-state index is 0. The zero-order valence-electron chi connectivity index (χ0n) is 22.6. The van der Waals surface area contributed by atoms with Gasteiger partial charge in [-0.1, -0.05) is 43.0 Å². The van der Waals surface area contributed by atoms with Crippen LogP contribution in [0.1, 0.15) is 60.9 Å². The Bertz CT molecular complexity index is 1120. The molecule has 3 aromatic rings. The summed E-state index contributed by atoms with van der Waals surface area (Å²) in [5.41, 5.74) is 3.84. The van der Waals surface area contributed by atoms with E-state index in [9.17, 15) is 4.79 Å². The molecule has 0 radical (unpaired) electrons. The van der Waals surface area contributed by atoms with Crippen LogP contribution < -0.4 is 5.32 Å². The third kappa shape index (κ3) is 10.3. The van der Waals surface area contributed by atoms with Crippen LogP contribution in [-0.2, 0) is 16.6 Å². The van der Waals surface area contributed by atoms with E-state index in [0.29, 0.717) is 23.1 Å². The molecule has 4 rings (SSSR count). The van der Waals surface area contributed by atoms with Crippen LogP contribution in [0.2, 0.25) is 0 Å². The molecule has 1 amide bonds. The quantitative estimate of drug-likeness (QED) is 0.437. The summed E-state index contributed by atoms with van der Waals surface area (Å²) in [6.45, 7) is 2.36. The van der Waals surface area contributed by atoms with Crippen LogP contribution in [0.5, 0.6) is 0 Å². The van der Waals surface area contributed by atoms with Gasteiger partial charge in [-0.15, -0.1) is 5.10 Å². The van der Waals surface area contributed by atoms with Crippen molar-refractivity contribution in [2.45, 2.75) is 55.0 Å². The number of rotatable bonds is 6. The van der Waals surface area contributed by atoms with E-state index in [1.54, 1.807) is 11.7 Å². The topological polar surface area (TPSA) is 102 Å². The molecule has 10 heteroatoms. The number of aryl methyl sites for hydroxylation is 2. The second-order valence-electron chi connectivity index (χ2n) is 9.27. The molecule has 0 saturated heterocycles. The molecule has 37 heavy (non-hydrogen) atoms. The number of hydrogen-bond donors (Lipinski definition) is 1. The number of benzene rings is 2. The molecule has 1 saturated carbocycles. The maximum absolute atomic E-state index is 13.0. The first-order valence-corrected chi connectivity index (χ1v) is 13.1. The minimum Gasteiger partial charge on any atom is -0.471 e. The van der Waals surface area contributed by atoms with Crippen molar-refractivity contribution < 1.29 is 15.8 Å². The number of methoxy groups -OCH3 is 1. The van der Waals surface area contributed by atoms with E-state index >= 15 is 0 Å². The number of amides is 1. The van der Waals surface area contributed by atoms with Crippen molar-refractivity contribution in [3.05, 3.63) is 59.2 Å². The molecule has 0 unspecified atom stereocenters. The molecule has 9 nitrogen and oxygen atoms in total. The maximum atomic E-state index is 13.0. The van der Waals surface area contributed by atoms with Crippen LogP contribution in [0.3, 0.4) is 0 Å². The highest BCUT2D eigenvalue weighted by Gasteiger charge is 2.17. The predicted molar refractivity (Wildman–Crippen MR) is 149 cm³/mol. The number of nitrogens with zero attached hydrogens (tertiary/aromatic N) is 5. The van der Waals surface area contributed by atoms with Gasteiger partial charge in [0.25, 0.3) is 12.4 Å². The molecule has 1 aliphatic rings. The Labute approximate surface area is 225 Å². The highest BCUT2D eigenvalue weighted by atomic mass is 32.2. The molecular weight excluding hydrogens is 488 g/mol. The number of hydrogen-bond acceptors (Lipinski definition) is 8. The summed E-state index contributed by atoms with van der Waals surface area (Å²) in [7, 11) is 9.09. The fraction of sp³-hybridized carbons (Fsp3) is 0.444. The van der Waals surface area contributed by atoms with Crippen LogP contribution in [-0.4, -0.2) is 65.7 Å². The molecule has 0 atom stereocenters. The van der Waals surface area contributed by atoms with Gasteiger partial charge in [0.1, 0.15) is 0 Å². The van der Waals surface area contributed by atoms with E-state index in [-0.39, 0.29) is 7.33 Å².